The van der Waals surface area contributed by atoms with Crippen LogP contribution in [0.4, 0.5) is 4.39 Å². The van der Waals surface area contributed by atoms with Crippen molar-refractivity contribution in [3.05, 3.63) is 35.6 Å². The fourth-order valence-electron chi connectivity index (χ4n) is 3.01. The molecule has 4 unspecified atom stereocenters. The van der Waals surface area contributed by atoms with Crippen molar-refractivity contribution in [3.8, 4) is 0 Å². The largest absolute Gasteiger partial charge is 0.388 e. The standard InChI is InChI=1S/C16H24FNO2/c1-11(10-18(3)15-8-9-20-12(15)2)16(19)13-6-4-5-7-14(13)17/h4-7,11-12,15-16,19H,8-10H2,1-3H3. The van der Waals surface area contributed by atoms with Crippen LogP contribution in [0.25, 0.3) is 0 Å². The average Bonchev–Trinajstić information content (AvgIpc) is 2.84. The highest BCUT2D eigenvalue weighted by Gasteiger charge is 2.30. The van der Waals surface area contributed by atoms with Crippen LogP contribution in [0.2, 0.25) is 0 Å². The lowest BCUT2D eigenvalue weighted by atomic mass is 9.95. The zero-order chi connectivity index (χ0) is 14.7. The lowest BCUT2D eigenvalue weighted by Crippen LogP contribution is -2.40. The first kappa shape index (κ1) is 15.4. The van der Waals surface area contributed by atoms with Gasteiger partial charge in [-0.3, -0.25) is 0 Å². The highest BCUT2D eigenvalue weighted by atomic mass is 19.1. The quantitative estimate of drug-likeness (QED) is 0.900. The molecule has 112 valence electrons. The molecule has 0 aromatic heterocycles. The van der Waals surface area contributed by atoms with Gasteiger partial charge in [-0.05, 0) is 32.4 Å². The first-order valence-corrected chi connectivity index (χ1v) is 7.25. The van der Waals surface area contributed by atoms with Crippen LogP contribution in [0.5, 0.6) is 0 Å². The third-order valence-corrected chi connectivity index (χ3v) is 4.24. The van der Waals surface area contributed by atoms with Gasteiger partial charge >= 0.3 is 0 Å². The summed E-state index contributed by atoms with van der Waals surface area (Å²) in [5.74, 6) is -0.378. The number of hydrogen-bond donors (Lipinski definition) is 1. The molecule has 0 saturated carbocycles. The van der Waals surface area contributed by atoms with Gasteiger partial charge < -0.3 is 14.7 Å². The third-order valence-electron chi connectivity index (χ3n) is 4.24. The first-order valence-electron chi connectivity index (χ1n) is 7.25. The molecule has 0 bridgehead atoms. The molecule has 0 amide bonds. The molecule has 1 heterocycles. The predicted octanol–water partition coefficient (Wildman–Crippen LogP) is 2.60. The fraction of sp³-hybridized carbons (Fsp3) is 0.625. The van der Waals surface area contributed by atoms with Crippen LogP contribution in [0, 0.1) is 11.7 Å². The van der Waals surface area contributed by atoms with Gasteiger partial charge in [-0.25, -0.2) is 4.39 Å². The van der Waals surface area contributed by atoms with Crippen molar-refractivity contribution < 1.29 is 14.2 Å². The van der Waals surface area contributed by atoms with Gasteiger partial charge in [0, 0.05) is 24.8 Å². The second-order valence-corrected chi connectivity index (χ2v) is 5.82. The van der Waals surface area contributed by atoms with Crippen LogP contribution in [-0.2, 0) is 4.74 Å². The van der Waals surface area contributed by atoms with E-state index in [-0.39, 0.29) is 17.8 Å². The predicted molar refractivity (Wildman–Crippen MR) is 77.0 cm³/mol. The summed E-state index contributed by atoms with van der Waals surface area (Å²) in [7, 11) is 2.04. The fourth-order valence-corrected chi connectivity index (χ4v) is 3.01. The Balaban J connectivity index is 1.97. The molecule has 0 radical (unpaired) electrons. The van der Waals surface area contributed by atoms with E-state index in [1.54, 1.807) is 18.2 Å². The smallest absolute Gasteiger partial charge is 0.129 e. The Bertz CT molecular complexity index is 440. The van der Waals surface area contributed by atoms with E-state index >= 15 is 0 Å². The maximum absolute atomic E-state index is 13.7. The van der Waals surface area contributed by atoms with Crippen LogP contribution in [0.3, 0.4) is 0 Å². The second-order valence-electron chi connectivity index (χ2n) is 5.82. The van der Waals surface area contributed by atoms with Crippen LogP contribution >= 0.6 is 0 Å². The summed E-state index contributed by atoms with van der Waals surface area (Å²) >= 11 is 0. The number of hydrogen-bond acceptors (Lipinski definition) is 3. The molecule has 1 saturated heterocycles. The van der Waals surface area contributed by atoms with E-state index in [0.717, 1.165) is 13.0 Å². The van der Waals surface area contributed by atoms with Crippen molar-refractivity contribution >= 4 is 0 Å². The lowest BCUT2D eigenvalue weighted by Gasteiger charge is -2.31. The van der Waals surface area contributed by atoms with Crippen LogP contribution in [0.15, 0.2) is 24.3 Å². The number of nitrogens with zero attached hydrogens (tertiary/aromatic N) is 1. The van der Waals surface area contributed by atoms with Crippen molar-refractivity contribution in [1.29, 1.82) is 0 Å². The Morgan fingerprint density at radius 3 is 2.75 bits per heavy atom. The summed E-state index contributed by atoms with van der Waals surface area (Å²) in [5.41, 5.74) is 0.379. The van der Waals surface area contributed by atoms with Crippen molar-refractivity contribution in [1.82, 2.24) is 4.90 Å². The van der Waals surface area contributed by atoms with E-state index in [1.165, 1.54) is 6.07 Å². The summed E-state index contributed by atoms with van der Waals surface area (Å²) in [6.45, 7) is 5.54. The number of benzene rings is 1. The minimum Gasteiger partial charge on any atom is -0.388 e. The summed E-state index contributed by atoms with van der Waals surface area (Å²) in [4.78, 5) is 2.21. The van der Waals surface area contributed by atoms with Gasteiger partial charge in [0.05, 0.1) is 12.2 Å². The summed E-state index contributed by atoms with van der Waals surface area (Å²) in [6.07, 6.45) is 0.453. The maximum atomic E-state index is 13.7. The number of rotatable bonds is 5. The summed E-state index contributed by atoms with van der Waals surface area (Å²) in [5, 5.41) is 10.3. The van der Waals surface area contributed by atoms with Crippen molar-refractivity contribution in [2.75, 3.05) is 20.2 Å². The molecule has 4 atom stereocenters. The molecule has 1 aliphatic heterocycles. The Morgan fingerprint density at radius 2 is 2.15 bits per heavy atom. The van der Waals surface area contributed by atoms with Gasteiger partial charge in [-0.15, -0.1) is 0 Å². The minimum absolute atomic E-state index is 0.0373. The third kappa shape index (κ3) is 3.37. The molecule has 2 rings (SSSR count). The number of aliphatic hydroxyl groups is 1. The molecule has 20 heavy (non-hydrogen) atoms. The SMILES string of the molecule is CC(CN(C)C1CCOC1C)C(O)c1ccccc1F. The van der Waals surface area contributed by atoms with Crippen LogP contribution < -0.4 is 0 Å². The highest BCUT2D eigenvalue weighted by molar-refractivity contribution is 5.20. The van der Waals surface area contributed by atoms with E-state index < -0.39 is 6.10 Å². The molecule has 1 aliphatic rings. The van der Waals surface area contributed by atoms with E-state index in [2.05, 4.69) is 11.8 Å². The molecular formula is C16H24FNO2. The van der Waals surface area contributed by atoms with Gasteiger partial charge in [0.15, 0.2) is 0 Å². The normalized spacial score (nSPS) is 25.9. The Kier molecular flexibility index (Phi) is 5.13. The van der Waals surface area contributed by atoms with E-state index in [9.17, 15) is 9.50 Å². The molecule has 3 nitrogen and oxygen atoms in total. The number of halogens is 1. The van der Waals surface area contributed by atoms with Crippen molar-refractivity contribution in [2.45, 2.75) is 38.5 Å². The first-order chi connectivity index (χ1) is 9.50. The van der Waals surface area contributed by atoms with Crippen LogP contribution in [-0.4, -0.2) is 42.4 Å². The monoisotopic (exact) mass is 281 g/mol. The number of likely N-dealkylation sites (N-methyl/N-ethyl adjacent to an activating group) is 1. The molecule has 1 aromatic rings. The van der Waals surface area contributed by atoms with E-state index in [0.29, 0.717) is 18.2 Å². The Hall–Kier alpha value is -0.970. The number of aliphatic hydroxyl groups excluding tert-OH is 1. The van der Waals surface area contributed by atoms with Gasteiger partial charge in [0.25, 0.3) is 0 Å². The van der Waals surface area contributed by atoms with Gasteiger partial charge in [-0.1, -0.05) is 25.1 Å². The summed E-state index contributed by atoms with van der Waals surface area (Å²) < 4.78 is 19.3. The maximum Gasteiger partial charge on any atom is 0.129 e. The van der Waals surface area contributed by atoms with Gasteiger partial charge in [-0.2, -0.15) is 0 Å². The number of ether oxygens (including phenoxy) is 1. The molecule has 0 aliphatic carbocycles. The molecule has 1 aromatic carbocycles. The van der Waals surface area contributed by atoms with Crippen LogP contribution in [0.1, 0.15) is 31.9 Å². The minimum atomic E-state index is -0.781. The molecular weight excluding hydrogens is 257 g/mol. The van der Waals surface area contributed by atoms with E-state index in [4.69, 9.17) is 4.74 Å². The molecule has 1 N–H and O–H groups in total. The molecule has 1 fully saturated rings. The highest BCUT2D eigenvalue weighted by Crippen LogP contribution is 2.26. The Morgan fingerprint density at radius 1 is 1.45 bits per heavy atom. The van der Waals surface area contributed by atoms with Crippen molar-refractivity contribution in [3.63, 3.8) is 0 Å². The second kappa shape index (κ2) is 6.66. The molecule has 0 spiro atoms. The zero-order valence-corrected chi connectivity index (χ0v) is 12.4. The zero-order valence-electron chi connectivity index (χ0n) is 12.4. The van der Waals surface area contributed by atoms with Gasteiger partial charge in [0.1, 0.15) is 5.82 Å². The lowest BCUT2D eigenvalue weighted by molar-refractivity contribution is 0.0532. The van der Waals surface area contributed by atoms with Gasteiger partial charge in [0.2, 0.25) is 0 Å². The molecule has 4 heteroatoms. The average molecular weight is 281 g/mol. The van der Waals surface area contributed by atoms with E-state index in [1.807, 2.05) is 14.0 Å². The topological polar surface area (TPSA) is 32.7 Å². The van der Waals surface area contributed by atoms with Crippen molar-refractivity contribution in [2.24, 2.45) is 5.92 Å². The Labute approximate surface area is 120 Å². The summed E-state index contributed by atoms with van der Waals surface area (Å²) in [6, 6.07) is 6.81.